The molecule has 3 N–H and O–H groups in total. The number of hydrogen-bond acceptors (Lipinski definition) is 11. The molecule has 1 atom stereocenters. The van der Waals surface area contributed by atoms with E-state index in [1.165, 1.54) is 22.8 Å². The molecule has 5 aromatic rings. The van der Waals surface area contributed by atoms with Gasteiger partial charge in [-0.1, -0.05) is 0 Å². The third-order valence-electron chi connectivity index (χ3n) is 14.3. The van der Waals surface area contributed by atoms with Crippen LogP contribution in [0.5, 0.6) is 0 Å². The van der Waals surface area contributed by atoms with Crippen LogP contribution < -0.4 is 15.5 Å². The molecular weight excluding hydrogens is 821 g/mol. The van der Waals surface area contributed by atoms with Crippen molar-refractivity contribution in [1.82, 2.24) is 39.4 Å². The first-order valence-corrected chi connectivity index (χ1v) is 22.5. The van der Waals surface area contributed by atoms with Crippen molar-refractivity contribution < 1.29 is 28.3 Å². The largest absolute Gasteiger partial charge is 0.386 e. The van der Waals surface area contributed by atoms with Crippen molar-refractivity contribution in [1.29, 1.82) is 5.26 Å². The van der Waals surface area contributed by atoms with Crippen molar-refractivity contribution >= 4 is 45.5 Å². The fraction of sp³-hybridized carbons (Fsp3) is 0.489. The van der Waals surface area contributed by atoms with E-state index in [0.29, 0.717) is 51.7 Å². The number of nitriles is 1. The van der Waals surface area contributed by atoms with Gasteiger partial charge in [-0.05, 0) is 94.3 Å². The number of nitrogens with one attached hydrogen (secondary N) is 2. The summed E-state index contributed by atoms with van der Waals surface area (Å²) >= 11 is 0. The quantitative estimate of drug-likeness (QED) is 0.166. The Morgan fingerprint density at radius 3 is 2.33 bits per heavy atom. The molecule has 5 fully saturated rings. The number of benzene rings is 2. The Morgan fingerprint density at radius 2 is 1.64 bits per heavy atom. The van der Waals surface area contributed by atoms with E-state index in [1.54, 1.807) is 32.0 Å². The predicted octanol–water partition coefficient (Wildman–Crippen LogP) is 4.76. The minimum Gasteiger partial charge on any atom is -0.386 e. The Morgan fingerprint density at radius 1 is 0.922 bits per heavy atom. The number of halogens is 2. The standard InChI is InChI=1S/C47H53F2N11O4/c1-47(2,64)37-19-40-30(16-41(37)52-46(63)42-5-3-32-15-29(20-50)21-51-60(32)42)23-59(54-40)31-9-13-57(14-10-31)35-26-58(27-35)34-24-55(25-34)22-28-7-11-56(12-8-28)33-17-38(48)44(39(49)18-33)36-4-6-43(61)53-45(36)62/h3,5,15-19,21,23,28,31,34-36,64H,4,6-14,22,24-27H2,1-2H3,(H,52,63)(H,53,61,62)/t36-/m1/s1. The number of rotatable bonds is 10. The number of carbonyl (C=O) groups excluding carboxylic acids is 3. The summed E-state index contributed by atoms with van der Waals surface area (Å²) in [6.45, 7) is 12.2. The molecule has 5 aliphatic rings. The fourth-order valence-electron chi connectivity index (χ4n) is 10.6. The van der Waals surface area contributed by atoms with Gasteiger partial charge in [0.1, 0.15) is 23.4 Å². The number of piperidine rings is 3. The molecular formula is C47H53F2N11O4. The van der Waals surface area contributed by atoms with Crippen molar-refractivity contribution in [3.05, 3.63) is 88.9 Å². The molecule has 0 bridgehead atoms. The van der Waals surface area contributed by atoms with Gasteiger partial charge in [-0.15, -0.1) is 0 Å². The molecule has 64 heavy (non-hydrogen) atoms. The summed E-state index contributed by atoms with van der Waals surface area (Å²) in [5.74, 6) is -3.36. The minimum atomic E-state index is -1.24. The number of carbonyl (C=O) groups is 3. The molecule has 5 saturated heterocycles. The second kappa shape index (κ2) is 16.6. The summed E-state index contributed by atoms with van der Waals surface area (Å²) in [6, 6.07) is 15.0. The molecule has 0 aliphatic carbocycles. The molecule has 334 valence electrons. The van der Waals surface area contributed by atoms with E-state index in [4.69, 9.17) is 5.10 Å². The summed E-state index contributed by atoms with van der Waals surface area (Å²) in [5.41, 5.74) is 2.18. The topological polar surface area (TPSA) is 167 Å². The van der Waals surface area contributed by atoms with E-state index in [2.05, 4.69) is 41.2 Å². The van der Waals surface area contributed by atoms with Crippen LogP contribution in [0.4, 0.5) is 20.2 Å². The number of likely N-dealkylation sites (tertiary alicyclic amines) is 3. The Labute approximate surface area is 369 Å². The van der Waals surface area contributed by atoms with Gasteiger partial charge in [0.05, 0.1) is 40.4 Å². The lowest BCUT2D eigenvalue weighted by Crippen LogP contribution is -2.70. The van der Waals surface area contributed by atoms with Crippen LogP contribution in [0, 0.1) is 28.9 Å². The van der Waals surface area contributed by atoms with Gasteiger partial charge in [0.2, 0.25) is 11.8 Å². The maximum absolute atomic E-state index is 15.2. The van der Waals surface area contributed by atoms with Crippen molar-refractivity contribution in [2.75, 3.05) is 69.1 Å². The van der Waals surface area contributed by atoms with E-state index in [-0.39, 0.29) is 30.4 Å². The van der Waals surface area contributed by atoms with Crippen molar-refractivity contribution in [2.45, 2.75) is 82.0 Å². The van der Waals surface area contributed by atoms with Crippen LogP contribution in [0.3, 0.4) is 0 Å². The van der Waals surface area contributed by atoms with Crippen LogP contribution in [0.1, 0.15) is 91.5 Å². The SMILES string of the molecule is CC(C)(O)c1cc2nn(C3CCN(C4CN(C5CN(CC6CCN(c7cc(F)c([C@H]8CCC(=O)NC8=O)c(F)c7)CC6)C5)C4)CC3)cc2cc1NC(=O)c1ccc2cc(C#N)cnn12. The molecule has 0 saturated carbocycles. The van der Waals surface area contributed by atoms with E-state index >= 15 is 8.78 Å². The monoisotopic (exact) mass is 873 g/mol. The van der Waals surface area contributed by atoms with Crippen molar-refractivity contribution in [2.24, 2.45) is 5.92 Å². The van der Waals surface area contributed by atoms with E-state index in [9.17, 15) is 24.8 Å². The molecule has 0 unspecified atom stereocenters. The van der Waals surface area contributed by atoms with Gasteiger partial charge in [0.15, 0.2) is 0 Å². The Bertz CT molecular complexity index is 2650. The number of anilines is 2. The molecule has 2 aromatic carbocycles. The predicted molar refractivity (Wildman–Crippen MR) is 235 cm³/mol. The molecule has 8 heterocycles. The van der Waals surface area contributed by atoms with Gasteiger partial charge in [0.25, 0.3) is 5.91 Å². The smallest absolute Gasteiger partial charge is 0.274 e. The Kier molecular flexibility index (Phi) is 11.0. The van der Waals surface area contributed by atoms with Crippen LogP contribution >= 0.6 is 0 Å². The zero-order valence-corrected chi connectivity index (χ0v) is 36.1. The van der Waals surface area contributed by atoms with Crippen LogP contribution in [0.25, 0.3) is 16.4 Å². The third kappa shape index (κ3) is 8.12. The molecule has 3 amide bonds. The third-order valence-corrected chi connectivity index (χ3v) is 14.3. The lowest BCUT2D eigenvalue weighted by Gasteiger charge is -2.55. The zero-order valence-electron chi connectivity index (χ0n) is 36.1. The Hall–Kier alpha value is -5.80. The van der Waals surface area contributed by atoms with Gasteiger partial charge in [-0.25, -0.2) is 13.3 Å². The lowest BCUT2D eigenvalue weighted by molar-refractivity contribution is -0.134. The fourth-order valence-corrected chi connectivity index (χ4v) is 10.6. The second-order valence-corrected chi connectivity index (χ2v) is 19.0. The van der Waals surface area contributed by atoms with Gasteiger partial charge in [-0.3, -0.25) is 39.1 Å². The van der Waals surface area contributed by atoms with Crippen LogP contribution in [-0.4, -0.2) is 128 Å². The molecule has 0 radical (unpaired) electrons. The molecule has 15 nitrogen and oxygen atoms in total. The number of aromatic nitrogens is 4. The highest BCUT2D eigenvalue weighted by Gasteiger charge is 2.42. The number of nitrogens with zero attached hydrogens (tertiary/aromatic N) is 9. The van der Waals surface area contributed by atoms with Crippen molar-refractivity contribution in [3.63, 3.8) is 0 Å². The molecule has 3 aromatic heterocycles. The number of fused-ring (bicyclic) bond motifs is 2. The van der Waals surface area contributed by atoms with Gasteiger partial charge in [0, 0.05) is 111 Å². The van der Waals surface area contributed by atoms with Crippen LogP contribution in [0.2, 0.25) is 0 Å². The Balaban J connectivity index is 0.675. The summed E-state index contributed by atoms with van der Waals surface area (Å²) < 4.78 is 33.9. The number of aliphatic hydroxyl groups is 1. The molecule has 10 rings (SSSR count). The van der Waals surface area contributed by atoms with E-state index < -0.39 is 35.0 Å². The van der Waals surface area contributed by atoms with Gasteiger partial charge >= 0.3 is 0 Å². The maximum Gasteiger partial charge on any atom is 0.274 e. The summed E-state index contributed by atoms with van der Waals surface area (Å²) in [7, 11) is 0. The maximum atomic E-state index is 15.2. The van der Waals surface area contributed by atoms with Gasteiger partial charge < -0.3 is 15.3 Å². The zero-order chi connectivity index (χ0) is 44.4. The molecule has 5 aliphatic heterocycles. The number of amides is 3. The van der Waals surface area contributed by atoms with Crippen LogP contribution in [0.15, 0.2) is 54.9 Å². The number of hydrogen-bond donors (Lipinski definition) is 3. The van der Waals surface area contributed by atoms with Crippen molar-refractivity contribution in [3.8, 4) is 6.07 Å². The first-order chi connectivity index (χ1) is 30.8. The van der Waals surface area contributed by atoms with Gasteiger partial charge in [-0.2, -0.15) is 15.5 Å². The lowest BCUT2D eigenvalue weighted by atomic mass is 9.89. The summed E-state index contributed by atoms with van der Waals surface area (Å²) in [4.78, 5) is 47.1. The first kappa shape index (κ1) is 42.2. The highest BCUT2D eigenvalue weighted by molar-refractivity contribution is 6.05. The second-order valence-electron chi connectivity index (χ2n) is 19.0. The minimum absolute atomic E-state index is 0.0677. The summed E-state index contributed by atoms with van der Waals surface area (Å²) in [5, 5.41) is 35.7. The molecule has 0 spiro atoms. The van der Waals surface area contributed by atoms with E-state index in [0.717, 1.165) is 95.5 Å². The molecule has 17 heteroatoms. The first-order valence-electron chi connectivity index (χ1n) is 22.5. The average Bonchev–Trinajstić information content (AvgIpc) is 3.86. The highest BCUT2D eigenvalue weighted by Crippen LogP contribution is 2.37. The van der Waals surface area contributed by atoms with Crippen LogP contribution in [-0.2, 0) is 15.2 Å². The average molecular weight is 874 g/mol. The van der Waals surface area contributed by atoms with E-state index in [1.807, 2.05) is 23.2 Å². The summed E-state index contributed by atoms with van der Waals surface area (Å²) in [6.07, 6.45) is 7.52. The number of imide groups is 1. The normalized spacial score (nSPS) is 21.6. The highest BCUT2D eigenvalue weighted by atomic mass is 19.1.